The number of hydrogen-bond acceptors (Lipinski definition) is 4. The normalized spacial score (nSPS) is 12.8. The van der Waals surface area contributed by atoms with Crippen molar-refractivity contribution in [3.05, 3.63) is 36.0 Å². The lowest BCUT2D eigenvalue weighted by molar-refractivity contribution is -0.141. The van der Waals surface area contributed by atoms with Gasteiger partial charge in [-0.15, -0.1) is 0 Å². The molecule has 0 fully saturated rings. The molecule has 2 amide bonds. The number of carboxylic acids is 1. The van der Waals surface area contributed by atoms with Crippen molar-refractivity contribution in [1.82, 2.24) is 10.3 Å². The van der Waals surface area contributed by atoms with Crippen LogP contribution >= 0.6 is 0 Å². The van der Waals surface area contributed by atoms with Crippen molar-refractivity contribution in [1.29, 1.82) is 0 Å². The number of carbonyl (C=O) groups is 3. The Kier molecular flexibility index (Phi) is 7.87. The van der Waals surface area contributed by atoms with Crippen molar-refractivity contribution < 1.29 is 19.5 Å². The van der Waals surface area contributed by atoms with E-state index in [2.05, 4.69) is 10.3 Å². The van der Waals surface area contributed by atoms with E-state index in [1.807, 2.05) is 24.3 Å². The highest BCUT2D eigenvalue weighted by Crippen LogP contribution is 2.19. The molecule has 2 atom stereocenters. The monoisotopic (exact) mass is 356 g/mol. The Balaban J connectivity index is 0.00000312. The highest BCUT2D eigenvalue weighted by atomic mass is 24.3. The number of hydrogen-bond donors (Lipinski definition) is 5. The third-order valence-electron chi connectivity index (χ3n) is 3.78. The van der Waals surface area contributed by atoms with E-state index in [1.165, 1.54) is 0 Å². The van der Waals surface area contributed by atoms with Crippen LogP contribution in [0.5, 0.6) is 0 Å². The lowest BCUT2D eigenvalue weighted by Gasteiger charge is -2.15. The molecule has 0 unspecified atom stereocenters. The van der Waals surface area contributed by atoms with Gasteiger partial charge in [0.05, 0.1) is 6.04 Å². The highest BCUT2D eigenvalue weighted by molar-refractivity contribution is 5.87. The quantitative estimate of drug-likeness (QED) is 0.403. The summed E-state index contributed by atoms with van der Waals surface area (Å²) in [6, 6.07) is 5.51. The maximum Gasteiger partial charge on any atom is 0.326 e. The standard InChI is InChI=1S/C16H20N4O4.Mg/c17-11(15(18)22)5-6-14(21)20-13(16(23)24)7-9-8-19-12-4-2-1-3-10(9)12;/h1-4,8,11,13,19H,5-7,17H2,(H2,18,22)(H,20,21)(H,23,24);/t11-,13-;/m1./s1. The second kappa shape index (κ2) is 9.40. The van der Waals surface area contributed by atoms with Crippen molar-refractivity contribution in [2.24, 2.45) is 11.5 Å². The van der Waals surface area contributed by atoms with Crippen LogP contribution in [0.1, 0.15) is 18.4 Å². The van der Waals surface area contributed by atoms with Crippen LogP contribution < -0.4 is 16.8 Å². The fraction of sp³-hybridized carbons (Fsp3) is 0.312. The first kappa shape index (κ1) is 20.9. The average Bonchev–Trinajstić information content (AvgIpc) is 2.95. The molecule has 130 valence electrons. The Hall–Kier alpha value is -2.10. The minimum Gasteiger partial charge on any atom is -0.480 e. The number of para-hydroxylation sites is 1. The molecule has 2 aromatic rings. The van der Waals surface area contributed by atoms with Gasteiger partial charge in [0.2, 0.25) is 11.8 Å². The molecule has 0 aliphatic rings. The molecule has 25 heavy (non-hydrogen) atoms. The van der Waals surface area contributed by atoms with Crippen LogP contribution in [-0.4, -0.2) is 63.0 Å². The van der Waals surface area contributed by atoms with E-state index in [0.29, 0.717) is 0 Å². The number of primary amides is 1. The van der Waals surface area contributed by atoms with Crippen LogP contribution in [-0.2, 0) is 20.8 Å². The summed E-state index contributed by atoms with van der Waals surface area (Å²) >= 11 is 0. The number of carboxylic acid groups (broad SMARTS) is 1. The number of aromatic nitrogens is 1. The Morgan fingerprint density at radius 1 is 1.24 bits per heavy atom. The molecule has 0 saturated carbocycles. The summed E-state index contributed by atoms with van der Waals surface area (Å²) in [5, 5.41) is 12.7. The molecule has 0 bridgehead atoms. The zero-order chi connectivity index (χ0) is 17.7. The molecule has 8 nitrogen and oxygen atoms in total. The van der Waals surface area contributed by atoms with Crippen LogP contribution in [0.2, 0.25) is 0 Å². The molecule has 1 aromatic carbocycles. The van der Waals surface area contributed by atoms with Gasteiger partial charge < -0.3 is 26.9 Å². The maximum absolute atomic E-state index is 11.9. The Morgan fingerprint density at radius 2 is 1.92 bits per heavy atom. The lowest BCUT2D eigenvalue weighted by atomic mass is 10.0. The summed E-state index contributed by atoms with van der Waals surface area (Å²) < 4.78 is 0. The minimum absolute atomic E-state index is 0. The zero-order valence-corrected chi connectivity index (χ0v) is 15.1. The molecular weight excluding hydrogens is 337 g/mol. The van der Waals surface area contributed by atoms with Gasteiger partial charge in [-0.2, -0.15) is 0 Å². The third-order valence-corrected chi connectivity index (χ3v) is 3.78. The highest BCUT2D eigenvalue weighted by Gasteiger charge is 2.22. The maximum atomic E-state index is 11.9. The van der Waals surface area contributed by atoms with Crippen LogP contribution in [0.4, 0.5) is 0 Å². The van der Waals surface area contributed by atoms with Crippen LogP contribution in [0.3, 0.4) is 0 Å². The Bertz CT molecular complexity index is 761. The molecule has 0 aliphatic heterocycles. The summed E-state index contributed by atoms with van der Waals surface area (Å²) in [5.74, 6) is -2.32. The molecule has 7 N–H and O–H groups in total. The van der Waals surface area contributed by atoms with E-state index in [-0.39, 0.29) is 42.3 Å². The smallest absolute Gasteiger partial charge is 0.326 e. The average molecular weight is 357 g/mol. The van der Waals surface area contributed by atoms with Gasteiger partial charge in [-0.25, -0.2) is 4.79 Å². The molecule has 9 heteroatoms. The number of rotatable bonds is 8. The van der Waals surface area contributed by atoms with E-state index in [0.717, 1.165) is 16.5 Å². The van der Waals surface area contributed by atoms with Gasteiger partial charge in [0.15, 0.2) is 0 Å². The minimum atomic E-state index is -1.13. The van der Waals surface area contributed by atoms with Crippen molar-refractivity contribution >= 4 is 51.7 Å². The predicted octanol–water partition coefficient (Wildman–Crippen LogP) is -0.508. The summed E-state index contributed by atoms with van der Waals surface area (Å²) in [6.07, 6.45) is 1.88. The van der Waals surface area contributed by atoms with E-state index >= 15 is 0 Å². The van der Waals surface area contributed by atoms with E-state index in [1.54, 1.807) is 6.20 Å². The van der Waals surface area contributed by atoms with E-state index in [4.69, 9.17) is 11.5 Å². The van der Waals surface area contributed by atoms with Crippen molar-refractivity contribution in [2.45, 2.75) is 31.3 Å². The van der Waals surface area contributed by atoms with Crippen molar-refractivity contribution in [3.8, 4) is 0 Å². The molecule has 2 radical (unpaired) electrons. The molecule has 0 spiro atoms. The lowest BCUT2D eigenvalue weighted by Crippen LogP contribution is -2.43. The Morgan fingerprint density at radius 3 is 2.56 bits per heavy atom. The molecule has 0 aliphatic carbocycles. The first-order valence-corrected chi connectivity index (χ1v) is 7.50. The Labute approximate surface area is 160 Å². The molecule has 1 aromatic heterocycles. The number of nitrogens with two attached hydrogens (primary N) is 2. The largest absolute Gasteiger partial charge is 0.480 e. The number of carbonyl (C=O) groups excluding carboxylic acids is 2. The van der Waals surface area contributed by atoms with Crippen molar-refractivity contribution in [2.75, 3.05) is 0 Å². The number of aromatic amines is 1. The van der Waals surface area contributed by atoms with E-state index in [9.17, 15) is 19.5 Å². The van der Waals surface area contributed by atoms with Gasteiger partial charge in [-0.05, 0) is 18.1 Å². The predicted molar refractivity (Wildman–Crippen MR) is 93.7 cm³/mol. The van der Waals surface area contributed by atoms with Crippen LogP contribution in [0.25, 0.3) is 10.9 Å². The SMILES string of the molecule is NC(=O)[C@H](N)CCC(=O)N[C@H](Cc1c[nH]c2ccccc12)C(=O)O.[Mg]. The summed E-state index contributed by atoms with van der Waals surface area (Å²) in [7, 11) is 0. The van der Waals surface area contributed by atoms with Gasteiger partial charge in [-0.3, -0.25) is 9.59 Å². The fourth-order valence-corrected chi connectivity index (χ4v) is 2.42. The second-order valence-corrected chi connectivity index (χ2v) is 5.57. The van der Waals surface area contributed by atoms with Gasteiger partial charge in [0.1, 0.15) is 6.04 Å². The fourth-order valence-electron chi connectivity index (χ4n) is 2.42. The zero-order valence-electron chi connectivity index (χ0n) is 13.7. The number of H-pyrrole nitrogens is 1. The number of aliphatic carboxylic acids is 1. The number of amides is 2. The second-order valence-electron chi connectivity index (χ2n) is 5.57. The van der Waals surface area contributed by atoms with Crippen LogP contribution in [0, 0.1) is 0 Å². The third kappa shape index (κ3) is 5.73. The van der Waals surface area contributed by atoms with Crippen LogP contribution in [0.15, 0.2) is 30.5 Å². The van der Waals surface area contributed by atoms with Gasteiger partial charge in [-0.1, -0.05) is 18.2 Å². The van der Waals surface area contributed by atoms with Gasteiger partial charge in [0, 0.05) is 53.0 Å². The number of nitrogens with one attached hydrogen (secondary N) is 2. The van der Waals surface area contributed by atoms with Gasteiger partial charge in [0.25, 0.3) is 0 Å². The number of benzene rings is 1. The first-order chi connectivity index (χ1) is 11.4. The first-order valence-electron chi connectivity index (χ1n) is 7.50. The molecule has 0 saturated heterocycles. The summed E-state index contributed by atoms with van der Waals surface area (Å²) in [5.41, 5.74) is 12.2. The summed E-state index contributed by atoms with van der Waals surface area (Å²) in [4.78, 5) is 37.2. The van der Waals surface area contributed by atoms with E-state index < -0.39 is 29.9 Å². The molecule has 1 heterocycles. The summed E-state index contributed by atoms with van der Waals surface area (Å²) in [6.45, 7) is 0. The number of fused-ring (bicyclic) bond motifs is 1. The van der Waals surface area contributed by atoms with Gasteiger partial charge >= 0.3 is 5.97 Å². The molecular formula is C16H20MgN4O4. The van der Waals surface area contributed by atoms with Crippen molar-refractivity contribution in [3.63, 3.8) is 0 Å². The molecule has 2 rings (SSSR count). The topological polar surface area (TPSA) is 151 Å².